The molecule has 0 unspecified atom stereocenters. The molecule has 3 nitrogen and oxygen atoms in total. The monoisotopic (exact) mass is 257 g/mol. The summed E-state index contributed by atoms with van der Waals surface area (Å²) in [5.74, 6) is 1.18. The van der Waals surface area contributed by atoms with Crippen molar-refractivity contribution in [3.8, 4) is 0 Å². The van der Waals surface area contributed by atoms with Crippen molar-refractivity contribution in [2.45, 2.75) is 32.9 Å². The zero-order valence-electron chi connectivity index (χ0n) is 8.54. The van der Waals surface area contributed by atoms with E-state index in [0.717, 1.165) is 17.7 Å². The molecule has 2 rings (SSSR count). The molecule has 1 saturated heterocycles. The number of hydrogen-bond acceptors (Lipinski definition) is 2. The lowest BCUT2D eigenvalue weighted by Crippen LogP contribution is -2.21. The molecule has 0 spiro atoms. The number of likely N-dealkylation sites (tertiary alicyclic amines) is 1. The van der Waals surface area contributed by atoms with Gasteiger partial charge in [0.2, 0.25) is 0 Å². The number of halogens is 1. The van der Waals surface area contributed by atoms with Crippen molar-refractivity contribution in [2.24, 2.45) is 0 Å². The summed E-state index contributed by atoms with van der Waals surface area (Å²) in [5.41, 5.74) is 0. The fourth-order valence-electron chi connectivity index (χ4n) is 1.96. The van der Waals surface area contributed by atoms with Crippen LogP contribution in [0.1, 0.15) is 25.6 Å². The summed E-state index contributed by atoms with van der Waals surface area (Å²) in [6.07, 6.45) is 4.74. The molecule has 0 N–H and O–H groups in total. The fraction of sp³-hybridized carbons (Fsp3) is 0.700. The first-order valence-electron chi connectivity index (χ1n) is 5.23. The van der Waals surface area contributed by atoms with E-state index in [0.29, 0.717) is 0 Å². The minimum absolute atomic E-state index is 0.952. The van der Waals surface area contributed by atoms with Gasteiger partial charge in [0.05, 0.1) is 6.54 Å². The number of imidazole rings is 1. The van der Waals surface area contributed by atoms with Gasteiger partial charge in [-0.2, -0.15) is 0 Å². The molecule has 0 atom stereocenters. The Labute approximate surface area is 93.2 Å². The molecule has 0 aromatic carbocycles. The Bertz CT molecular complexity index is 302. The third-order valence-electron chi connectivity index (χ3n) is 2.73. The van der Waals surface area contributed by atoms with E-state index in [9.17, 15) is 0 Å². The van der Waals surface area contributed by atoms with Gasteiger partial charge >= 0.3 is 0 Å². The summed E-state index contributed by atoms with van der Waals surface area (Å²) in [6, 6.07) is 0. The number of nitrogens with zero attached hydrogens (tertiary/aromatic N) is 3. The quantitative estimate of drug-likeness (QED) is 0.829. The molecule has 0 bridgehead atoms. The van der Waals surface area contributed by atoms with Gasteiger partial charge < -0.3 is 4.57 Å². The molecule has 78 valence electrons. The highest BCUT2D eigenvalue weighted by Crippen LogP contribution is 2.15. The fourth-order valence-corrected chi connectivity index (χ4v) is 2.41. The second-order valence-electron chi connectivity index (χ2n) is 3.75. The van der Waals surface area contributed by atoms with Crippen LogP contribution in [0.5, 0.6) is 0 Å². The number of aromatic nitrogens is 2. The molecule has 1 aliphatic heterocycles. The van der Waals surface area contributed by atoms with E-state index in [2.05, 4.69) is 43.5 Å². The van der Waals surface area contributed by atoms with Gasteiger partial charge in [-0.1, -0.05) is 0 Å². The van der Waals surface area contributed by atoms with Crippen LogP contribution in [0, 0.1) is 0 Å². The molecule has 0 saturated carbocycles. The Morgan fingerprint density at radius 1 is 1.43 bits per heavy atom. The van der Waals surface area contributed by atoms with E-state index in [1.54, 1.807) is 0 Å². The molecule has 1 aromatic rings. The normalized spacial score (nSPS) is 17.9. The lowest BCUT2D eigenvalue weighted by atomic mass is 10.4. The maximum atomic E-state index is 4.48. The Morgan fingerprint density at radius 2 is 2.14 bits per heavy atom. The first-order chi connectivity index (χ1) is 6.79. The highest BCUT2D eigenvalue weighted by molar-refractivity contribution is 9.10. The van der Waals surface area contributed by atoms with Crippen molar-refractivity contribution in [3.05, 3.63) is 16.6 Å². The van der Waals surface area contributed by atoms with E-state index < -0.39 is 0 Å². The predicted octanol–water partition coefficient (Wildman–Crippen LogP) is 2.26. The van der Waals surface area contributed by atoms with E-state index in [1.807, 2.05) is 0 Å². The van der Waals surface area contributed by atoms with Crippen molar-refractivity contribution in [1.82, 2.24) is 14.5 Å². The van der Waals surface area contributed by atoms with Crippen LogP contribution >= 0.6 is 15.9 Å². The van der Waals surface area contributed by atoms with Crippen molar-refractivity contribution in [1.29, 1.82) is 0 Å². The maximum Gasteiger partial charge on any atom is 0.124 e. The minimum atomic E-state index is 0.952. The van der Waals surface area contributed by atoms with Crippen LogP contribution in [-0.4, -0.2) is 27.5 Å². The molecule has 0 radical (unpaired) electrons. The van der Waals surface area contributed by atoms with E-state index in [1.165, 1.54) is 31.8 Å². The molecule has 0 amide bonds. The molecule has 0 aliphatic carbocycles. The predicted molar refractivity (Wildman–Crippen MR) is 60.1 cm³/mol. The number of rotatable bonds is 3. The van der Waals surface area contributed by atoms with Crippen molar-refractivity contribution < 1.29 is 0 Å². The second kappa shape index (κ2) is 4.45. The average Bonchev–Trinajstić information content (AvgIpc) is 2.76. The number of aryl methyl sites for hydroxylation is 1. The van der Waals surface area contributed by atoms with Crippen molar-refractivity contribution >= 4 is 15.9 Å². The Balaban J connectivity index is 2.06. The van der Waals surface area contributed by atoms with Crippen LogP contribution < -0.4 is 0 Å². The summed E-state index contributed by atoms with van der Waals surface area (Å²) in [4.78, 5) is 6.96. The molecule has 1 fully saturated rings. The molecule has 2 heterocycles. The molecular weight excluding hydrogens is 242 g/mol. The van der Waals surface area contributed by atoms with Gasteiger partial charge in [0.15, 0.2) is 0 Å². The van der Waals surface area contributed by atoms with Crippen LogP contribution in [0.2, 0.25) is 0 Å². The van der Waals surface area contributed by atoms with E-state index in [4.69, 9.17) is 0 Å². The molecular formula is C10H16BrN3. The minimum Gasteiger partial charge on any atom is -0.333 e. The molecule has 1 aliphatic rings. The zero-order chi connectivity index (χ0) is 9.97. The highest BCUT2D eigenvalue weighted by Gasteiger charge is 2.14. The molecule has 1 aromatic heterocycles. The average molecular weight is 258 g/mol. The van der Waals surface area contributed by atoms with Gasteiger partial charge in [-0.05, 0) is 48.8 Å². The van der Waals surface area contributed by atoms with Crippen LogP contribution in [0.25, 0.3) is 0 Å². The van der Waals surface area contributed by atoms with Gasteiger partial charge in [-0.3, -0.25) is 4.90 Å². The highest BCUT2D eigenvalue weighted by atomic mass is 79.9. The van der Waals surface area contributed by atoms with Gasteiger partial charge in [0.1, 0.15) is 10.4 Å². The van der Waals surface area contributed by atoms with Crippen LogP contribution in [0.3, 0.4) is 0 Å². The van der Waals surface area contributed by atoms with E-state index >= 15 is 0 Å². The van der Waals surface area contributed by atoms with Gasteiger partial charge in [0, 0.05) is 12.7 Å². The van der Waals surface area contributed by atoms with Crippen LogP contribution in [-0.2, 0) is 13.1 Å². The first-order valence-corrected chi connectivity index (χ1v) is 6.03. The lowest BCUT2D eigenvalue weighted by molar-refractivity contribution is 0.317. The van der Waals surface area contributed by atoms with Gasteiger partial charge in [0.25, 0.3) is 0 Å². The smallest absolute Gasteiger partial charge is 0.124 e. The van der Waals surface area contributed by atoms with Crippen molar-refractivity contribution in [2.75, 3.05) is 13.1 Å². The lowest BCUT2D eigenvalue weighted by Gasteiger charge is -2.14. The van der Waals surface area contributed by atoms with E-state index in [-0.39, 0.29) is 0 Å². The molecule has 4 heteroatoms. The first kappa shape index (κ1) is 10.2. The Kier molecular flexibility index (Phi) is 3.23. The van der Waals surface area contributed by atoms with Gasteiger partial charge in [-0.25, -0.2) is 4.98 Å². The van der Waals surface area contributed by atoms with Crippen LogP contribution in [0.15, 0.2) is 10.8 Å². The van der Waals surface area contributed by atoms with Crippen molar-refractivity contribution in [3.63, 3.8) is 0 Å². The number of hydrogen-bond donors (Lipinski definition) is 0. The summed E-state index contributed by atoms with van der Waals surface area (Å²) < 4.78 is 3.16. The third-order valence-corrected chi connectivity index (χ3v) is 3.12. The largest absolute Gasteiger partial charge is 0.333 e. The third kappa shape index (κ3) is 2.17. The summed E-state index contributed by atoms with van der Waals surface area (Å²) in [6.45, 7) is 6.62. The summed E-state index contributed by atoms with van der Waals surface area (Å²) in [7, 11) is 0. The maximum absolute atomic E-state index is 4.48. The summed E-state index contributed by atoms with van der Waals surface area (Å²) >= 11 is 3.42. The second-order valence-corrected chi connectivity index (χ2v) is 4.56. The Morgan fingerprint density at radius 3 is 2.79 bits per heavy atom. The standard InChI is InChI=1S/C10H16BrN3/c1-2-14-7-9(11)12-10(14)8-13-5-3-4-6-13/h7H,2-6,8H2,1H3. The van der Waals surface area contributed by atoms with Gasteiger partial charge in [-0.15, -0.1) is 0 Å². The summed E-state index contributed by atoms with van der Waals surface area (Å²) in [5, 5.41) is 0. The van der Waals surface area contributed by atoms with Crippen LogP contribution in [0.4, 0.5) is 0 Å². The molecule has 14 heavy (non-hydrogen) atoms. The zero-order valence-corrected chi connectivity index (χ0v) is 10.1. The topological polar surface area (TPSA) is 21.1 Å². The SMILES string of the molecule is CCn1cc(Br)nc1CN1CCCC1. The Hall–Kier alpha value is -0.350.